The molecule has 0 saturated carbocycles. The van der Waals surface area contributed by atoms with Gasteiger partial charge in [0.2, 0.25) is 0 Å². The normalized spacial score (nSPS) is 10.9. The predicted molar refractivity (Wildman–Crippen MR) is 96.2 cm³/mol. The van der Waals surface area contributed by atoms with E-state index in [1.807, 2.05) is 30.3 Å². The van der Waals surface area contributed by atoms with Gasteiger partial charge in [-0.3, -0.25) is 4.79 Å². The van der Waals surface area contributed by atoms with Crippen LogP contribution in [-0.4, -0.2) is 6.29 Å². The minimum atomic E-state index is -0.414. The van der Waals surface area contributed by atoms with Crippen molar-refractivity contribution in [3.05, 3.63) is 88.3 Å². The maximum Gasteiger partial charge on any atom is 0.336 e. The number of benzene rings is 3. The second-order valence-corrected chi connectivity index (χ2v) is 5.73. The fraction of sp³-hybridized carbons (Fsp3) is 0.0476. The summed E-state index contributed by atoms with van der Waals surface area (Å²) in [6.07, 6.45) is 0.771. The maximum absolute atomic E-state index is 11.9. The van der Waals surface area contributed by atoms with Gasteiger partial charge in [0.25, 0.3) is 0 Å². The molecule has 4 aromatic rings. The summed E-state index contributed by atoms with van der Waals surface area (Å²) in [5.41, 5.74) is 1.41. The number of hydrogen-bond acceptors (Lipinski definition) is 4. The van der Waals surface area contributed by atoms with Crippen LogP contribution in [0.25, 0.3) is 21.7 Å². The van der Waals surface area contributed by atoms with Crippen molar-refractivity contribution in [3.63, 3.8) is 0 Å². The summed E-state index contributed by atoms with van der Waals surface area (Å²) in [6.45, 7) is 0.207. The van der Waals surface area contributed by atoms with Gasteiger partial charge in [0, 0.05) is 22.6 Å². The molecule has 0 bridgehead atoms. The van der Waals surface area contributed by atoms with Crippen LogP contribution in [0, 0.1) is 0 Å². The molecule has 0 fully saturated rings. The Bertz CT molecular complexity index is 1140. The first-order valence-corrected chi connectivity index (χ1v) is 7.87. The zero-order valence-electron chi connectivity index (χ0n) is 13.3. The smallest absolute Gasteiger partial charge is 0.336 e. The molecule has 0 amide bonds. The molecule has 0 aliphatic heterocycles. The molecule has 4 rings (SSSR count). The Labute approximate surface area is 143 Å². The molecule has 1 heterocycles. The molecule has 0 radical (unpaired) electrons. The Morgan fingerprint density at radius 3 is 2.72 bits per heavy atom. The van der Waals surface area contributed by atoms with Gasteiger partial charge in [-0.15, -0.1) is 0 Å². The molecule has 0 aliphatic carbocycles. The van der Waals surface area contributed by atoms with Gasteiger partial charge in [-0.2, -0.15) is 0 Å². The molecular formula is C21H14O4. The van der Waals surface area contributed by atoms with E-state index in [0.29, 0.717) is 16.9 Å². The van der Waals surface area contributed by atoms with Crippen LogP contribution < -0.4 is 10.4 Å². The lowest BCUT2D eigenvalue weighted by atomic mass is 10.0. The van der Waals surface area contributed by atoms with Crippen LogP contribution in [0.3, 0.4) is 0 Å². The van der Waals surface area contributed by atoms with Gasteiger partial charge >= 0.3 is 5.63 Å². The lowest BCUT2D eigenvalue weighted by Gasteiger charge is -2.10. The largest absolute Gasteiger partial charge is 0.489 e. The van der Waals surface area contributed by atoms with Gasteiger partial charge in [-0.05, 0) is 29.0 Å². The second-order valence-electron chi connectivity index (χ2n) is 5.73. The van der Waals surface area contributed by atoms with Gasteiger partial charge in [-0.1, -0.05) is 42.5 Å². The van der Waals surface area contributed by atoms with Crippen LogP contribution in [0.5, 0.6) is 5.75 Å². The van der Waals surface area contributed by atoms with Crippen molar-refractivity contribution in [1.82, 2.24) is 0 Å². The summed E-state index contributed by atoms with van der Waals surface area (Å²) in [7, 11) is 0. The zero-order valence-corrected chi connectivity index (χ0v) is 13.3. The van der Waals surface area contributed by atoms with Crippen LogP contribution in [0.2, 0.25) is 0 Å². The predicted octanol–water partition coefficient (Wildman–Crippen LogP) is 4.34. The molecule has 0 spiro atoms. The molecular weight excluding hydrogens is 316 g/mol. The Morgan fingerprint density at radius 1 is 0.960 bits per heavy atom. The number of aldehydes is 1. The quantitative estimate of drug-likeness (QED) is 0.317. The van der Waals surface area contributed by atoms with E-state index in [4.69, 9.17) is 9.15 Å². The summed E-state index contributed by atoms with van der Waals surface area (Å²) in [5, 5.41) is 2.93. The van der Waals surface area contributed by atoms with E-state index in [1.165, 1.54) is 6.07 Å². The number of ether oxygens (including phenoxy) is 1. The lowest BCUT2D eigenvalue weighted by molar-refractivity contribution is 0.112. The van der Waals surface area contributed by atoms with Crippen molar-refractivity contribution < 1.29 is 13.9 Å². The Kier molecular flexibility index (Phi) is 3.78. The van der Waals surface area contributed by atoms with Crippen LogP contribution in [-0.2, 0) is 6.61 Å². The van der Waals surface area contributed by atoms with Gasteiger partial charge in [-0.25, -0.2) is 4.79 Å². The summed E-state index contributed by atoms with van der Waals surface area (Å²) >= 11 is 0. The van der Waals surface area contributed by atoms with Crippen LogP contribution in [0.1, 0.15) is 15.9 Å². The van der Waals surface area contributed by atoms with Gasteiger partial charge in [0.15, 0.2) is 0 Å². The molecule has 3 aromatic carbocycles. The van der Waals surface area contributed by atoms with Crippen LogP contribution >= 0.6 is 0 Å². The third kappa shape index (κ3) is 2.90. The SMILES string of the molecule is O=Cc1cccc(OCc2cc(=O)oc3ccc4ccccc4c23)c1. The summed E-state index contributed by atoms with van der Waals surface area (Å²) in [6, 6.07) is 20.0. The molecule has 0 atom stereocenters. The third-order valence-corrected chi connectivity index (χ3v) is 4.10. The van der Waals surface area contributed by atoms with E-state index in [-0.39, 0.29) is 6.61 Å². The molecule has 4 nitrogen and oxygen atoms in total. The monoisotopic (exact) mass is 330 g/mol. The number of carbonyl (C=O) groups excluding carboxylic acids is 1. The van der Waals surface area contributed by atoms with E-state index in [2.05, 4.69) is 0 Å². The maximum atomic E-state index is 11.9. The molecule has 4 heteroatoms. The first kappa shape index (κ1) is 15.1. The highest BCUT2D eigenvalue weighted by Gasteiger charge is 2.10. The molecule has 0 N–H and O–H groups in total. The van der Waals surface area contributed by atoms with E-state index < -0.39 is 5.63 Å². The highest BCUT2D eigenvalue weighted by atomic mass is 16.5. The van der Waals surface area contributed by atoms with Crippen molar-refractivity contribution in [2.75, 3.05) is 0 Å². The average Bonchev–Trinajstić information content (AvgIpc) is 2.65. The van der Waals surface area contributed by atoms with Crippen LogP contribution in [0.15, 0.2) is 75.9 Å². The number of hydrogen-bond donors (Lipinski definition) is 0. The van der Waals surface area contributed by atoms with Crippen molar-refractivity contribution in [1.29, 1.82) is 0 Å². The average molecular weight is 330 g/mol. The van der Waals surface area contributed by atoms with Crippen molar-refractivity contribution in [2.24, 2.45) is 0 Å². The fourth-order valence-electron chi connectivity index (χ4n) is 2.97. The summed E-state index contributed by atoms with van der Waals surface area (Å²) < 4.78 is 11.1. The highest BCUT2D eigenvalue weighted by molar-refractivity contribution is 6.07. The molecule has 25 heavy (non-hydrogen) atoms. The molecule has 0 aliphatic rings. The zero-order chi connectivity index (χ0) is 17.2. The summed E-state index contributed by atoms with van der Waals surface area (Å²) in [4.78, 5) is 22.8. The Morgan fingerprint density at radius 2 is 1.84 bits per heavy atom. The topological polar surface area (TPSA) is 56.5 Å². The molecule has 0 unspecified atom stereocenters. The van der Waals surface area contributed by atoms with Crippen molar-refractivity contribution in [2.45, 2.75) is 6.61 Å². The molecule has 1 aromatic heterocycles. The van der Waals surface area contributed by atoms with E-state index >= 15 is 0 Å². The molecule has 0 saturated heterocycles. The van der Waals surface area contributed by atoms with Gasteiger partial charge < -0.3 is 9.15 Å². The first-order chi connectivity index (χ1) is 12.2. The van der Waals surface area contributed by atoms with E-state index in [1.54, 1.807) is 30.3 Å². The van der Waals surface area contributed by atoms with Crippen molar-refractivity contribution >= 4 is 28.0 Å². The minimum Gasteiger partial charge on any atom is -0.489 e. The molecule has 122 valence electrons. The number of carbonyl (C=O) groups is 1. The highest BCUT2D eigenvalue weighted by Crippen LogP contribution is 2.28. The van der Waals surface area contributed by atoms with Gasteiger partial charge in [0.1, 0.15) is 24.2 Å². The lowest BCUT2D eigenvalue weighted by Crippen LogP contribution is -2.04. The third-order valence-electron chi connectivity index (χ3n) is 4.10. The van der Waals surface area contributed by atoms with Gasteiger partial charge in [0.05, 0.1) is 0 Å². The summed E-state index contributed by atoms with van der Waals surface area (Å²) in [5.74, 6) is 0.575. The number of fused-ring (bicyclic) bond motifs is 3. The van der Waals surface area contributed by atoms with Crippen LogP contribution in [0.4, 0.5) is 0 Å². The fourth-order valence-corrected chi connectivity index (χ4v) is 2.97. The first-order valence-electron chi connectivity index (χ1n) is 7.87. The Balaban J connectivity index is 1.81. The van der Waals surface area contributed by atoms with E-state index in [0.717, 1.165) is 28.0 Å². The standard InChI is InChI=1S/C21H14O4/c22-12-14-4-3-6-17(10-14)24-13-16-11-20(23)25-19-9-8-15-5-1-2-7-18(15)21(16)19/h1-12H,13H2. The van der Waals surface area contributed by atoms with E-state index in [9.17, 15) is 9.59 Å². The second kappa shape index (κ2) is 6.24. The minimum absolute atomic E-state index is 0.207. The van der Waals surface area contributed by atoms with Crippen molar-refractivity contribution in [3.8, 4) is 5.75 Å². The number of rotatable bonds is 4. The Hall–Kier alpha value is -3.40.